The summed E-state index contributed by atoms with van der Waals surface area (Å²) >= 11 is 0. The Morgan fingerprint density at radius 2 is 1.84 bits per heavy atom. The highest BCUT2D eigenvalue weighted by Gasteiger charge is 2.18. The second-order valence-electron chi connectivity index (χ2n) is 5.10. The third-order valence-corrected chi connectivity index (χ3v) is 3.09. The molecule has 0 saturated heterocycles. The number of aliphatic carboxylic acids is 1. The molecule has 3 nitrogen and oxygen atoms in total. The summed E-state index contributed by atoms with van der Waals surface area (Å²) in [5, 5.41) is 14.6. The number of carboxylic acid groups (broad SMARTS) is 1. The molecule has 0 aliphatic carbocycles. The zero-order valence-electron chi connectivity index (χ0n) is 11.3. The molecule has 0 aliphatic heterocycles. The van der Waals surface area contributed by atoms with Crippen LogP contribution in [0.25, 0.3) is 10.8 Å². The van der Waals surface area contributed by atoms with Gasteiger partial charge < -0.3 is 10.4 Å². The lowest BCUT2D eigenvalue weighted by molar-refractivity contribution is -0.139. The Morgan fingerprint density at radius 1 is 1.16 bits per heavy atom. The fraction of sp³-hybridized carbons (Fsp3) is 0.312. The Morgan fingerprint density at radius 3 is 2.47 bits per heavy atom. The molecule has 0 saturated carbocycles. The third kappa shape index (κ3) is 3.55. The number of carboxylic acids is 1. The van der Waals surface area contributed by atoms with E-state index in [1.807, 2.05) is 44.2 Å². The van der Waals surface area contributed by atoms with Crippen LogP contribution in [-0.4, -0.2) is 23.2 Å². The van der Waals surface area contributed by atoms with E-state index in [0.717, 1.165) is 10.9 Å². The van der Waals surface area contributed by atoms with Crippen LogP contribution in [0.5, 0.6) is 0 Å². The maximum atomic E-state index is 11.2. The average Bonchev–Trinajstić information content (AvgIpc) is 2.37. The first-order valence-corrected chi connectivity index (χ1v) is 6.53. The van der Waals surface area contributed by atoms with Gasteiger partial charge in [0.25, 0.3) is 0 Å². The van der Waals surface area contributed by atoms with Gasteiger partial charge in [0.15, 0.2) is 0 Å². The smallest absolute Gasteiger partial charge is 0.321 e. The highest BCUT2D eigenvalue weighted by molar-refractivity contribution is 5.83. The fourth-order valence-electron chi connectivity index (χ4n) is 2.22. The first kappa shape index (κ1) is 13.6. The van der Waals surface area contributed by atoms with Crippen molar-refractivity contribution < 1.29 is 9.90 Å². The number of fused-ring (bicyclic) bond motifs is 1. The van der Waals surface area contributed by atoms with Crippen molar-refractivity contribution in [3.8, 4) is 0 Å². The van der Waals surface area contributed by atoms with Crippen molar-refractivity contribution in [1.29, 1.82) is 0 Å². The van der Waals surface area contributed by atoms with Crippen molar-refractivity contribution in [3.05, 3.63) is 48.0 Å². The van der Waals surface area contributed by atoms with Gasteiger partial charge in [0, 0.05) is 6.04 Å². The van der Waals surface area contributed by atoms with E-state index >= 15 is 0 Å². The van der Waals surface area contributed by atoms with Crippen molar-refractivity contribution >= 4 is 16.7 Å². The summed E-state index contributed by atoms with van der Waals surface area (Å²) in [6.07, 6.45) is 0.498. The van der Waals surface area contributed by atoms with Crippen LogP contribution < -0.4 is 5.32 Å². The molecule has 2 aromatic rings. The molecule has 19 heavy (non-hydrogen) atoms. The van der Waals surface area contributed by atoms with Crippen molar-refractivity contribution in [2.24, 2.45) is 0 Å². The first-order chi connectivity index (χ1) is 9.06. The maximum Gasteiger partial charge on any atom is 0.321 e. The van der Waals surface area contributed by atoms with Gasteiger partial charge in [-0.25, -0.2) is 0 Å². The van der Waals surface area contributed by atoms with Gasteiger partial charge in [-0.2, -0.15) is 0 Å². The molecule has 0 aliphatic rings. The van der Waals surface area contributed by atoms with E-state index in [-0.39, 0.29) is 6.04 Å². The van der Waals surface area contributed by atoms with Gasteiger partial charge in [-0.15, -0.1) is 0 Å². The van der Waals surface area contributed by atoms with Crippen LogP contribution in [0.15, 0.2) is 42.5 Å². The molecule has 2 aromatic carbocycles. The highest BCUT2D eigenvalue weighted by atomic mass is 16.4. The molecule has 2 N–H and O–H groups in total. The van der Waals surface area contributed by atoms with Crippen molar-refractivity contribution in [3.63, 3.8) is 0 Å². The second-order valence-corrected chi connectivity index (χ2v) is 5.10. The predicted molar refractivity (Wildman–Crippen MR) is 77.3 cm³/mol. The Bertz CT molecular complexity index is 578. The van der Waals surface area contributed by atoms with Gasteiger partial charge in [0.1, 0.15) is 6.04 Å². The van der Waals surface area contributed by atoms with E-state index < -0.39 is 12.0 Å². The summed E-state index contributed by atoms with van der Waals surface area (Å²) in [7, 11) is 0. The molecule has 0 unspecified atom stereocenters. The first-order valence-electron chi connectivity index (χ1n) is 6.53. The minimum atomic E-state index is -0.804. The lowest BCUT2D eigenvalue weighted by Gasteiger charge is -2.17. The van der Waals surface area contributed by atoms with E-state index in [4.69, 9.17) is 0 Å². The fourth-order valence-corrected chi connectivity index (χ4v) is 2.22. The topological polar surface area (TPSA) is 49.3 Å². The second kappa shape index (κ2) is 5.85. The van der Waals surface area contributed by atoms with Crippen LogP contribution in [0.1, 0.15) is 19.4 Å². The van der Waals surface area contributed by atoms with E-state index in [1.165, 1.54) is 5.39 Å². The highest BCUT2D eigenvalue weighted by Crippen LogP contribution is 2.16. The largest absolute Gasteiger partial charge is 0.480 e. The zero-order valence-corrected chi connectivity index (χ0v) is 11.3. The quantitative estimate of drug-likeness (QED) is 0.866. The summed E-state index contributed by atoms with van der Waals surface area (Å²) < 4.78 is 0. The van der Waals surface area contributed by atoms with Crippen molar-refractivity contribution in [1.82, 2.24) is 5.32 Å². The minimum absolute atomic E-state index is 0.154. The molecule has 2 rings (SSSR count). The van der Waals surface area contributed by atoms with Crippen LogP contribution in [0, 0.1) is 0 Å². The summed E-state index contributed by atoms with van der Waals surface area (Å²) in [4.78, 5) is 11.2. The number of nitrogens with one attached hydrogen (secondary N) is 1. The Hall–Kier alpha value is -1.87. The summed E-state index contributed by atoms with van der Waals surface area (Å²) in [5.41, 5.74) is 1.04. The number of rotatable bonds is 5. The molecule has 0 radical (unpaired) electrons. The standard InChI is InChI=1S/C16H19NO2/c1-11(2)17-15(16(18)19)10-12-7-8-13-5-3-4-6-14(13)9-12/h3-9,11,15,17H,10H2,1-2H3,(H,18,19)/t15-/m0/s1. The molecule has 3 heteroatoms. The van der Waals surface area contributed by atoms with Crippen LogP contribution in [0.2, 0.25) is 0 Å². The lowest BCUT2D eigenvalue weighted by atomic mass is 10.0. The lowest BCUT2D eigenvalue weighted by Crippen LogP contribution is -2.42. The van der Waals surface area contributed by atoms with Gasteiger partial charge in [-0.1, -0.05) is 56.3 Å². The third-order valence-electron chi connectivity index (χ3n) is 3.09. The van der Waals surface area contributed by atoms with Crippen LogP contribution >= 0.6 is 0 Å². The molecule has 0 spiro atoms. The van der Waals surface area contributed by atoms with Crippen molar-refractivity contribution in [2.75, 3.05) is 0 Å². The van der Waals surface area contributed by atoms with Gasteiger partial charge in [-0.05, 0) is 22.8 Å². The molecule has 0 fully saturated rings. The monoisotopic (exact) mass is 257 g/mol. The molecule has 100 valence electrons. The number of benzene rings is 2. The summed E-state index contributed by atoms with van der Waals surface area (Å²) in [6.45, 7) is 3.91. The van der Waals surface area contributed by atoms with Crippen LogP contribution in [-0.2, 0) is 11.2 Å². The predicted octanol–water partition coefficient (Wildman–Crippen LogP) is 2.83. The summed E-state index contributed by atoms with van der Waals surface area (Å²) in [5.74, 6) is -0.804. The van der Waals surface area contributed by atoms with E-state index in [2.05, 4.69) is 17.4 Å². The Labute approximate surface area is 113 Å². The molecule has 0 bridgehead atoms. The number of hydrogen-bond acceptors (Lipinski definition) is 2. The molecular weight excluding hydrogens is 238 g/mol. The summed E-state index contributed by atoms with van der Waals surface area (Å²) in [6, 6.07) is 13.8. The Balaban J connectivity index is 2.21. The number of carbonyl (C=O) groups is 1. The Kier molecular flexibility index (Phi) is 4.17. The van der Waals surface area contributed by atoms with E-state index in [1.54, 1.807) is 0 Å². The SMILES string of the molecule is CC(C)N[C@@H](Cc1ccc2ccccc2c1)C(=O)O. The molecule has 0 heterocycles. The average molecular weight is 257 g/mol. The van der Waals surface area contributed by atoms with E-state index in [9.17, 15) is 9.90 Å². The molecular formula is C16H19NO2. The zero-order chi connectivity index (χ0) is 13.8. The molecule has 0 amide bonds. The van der Waals surface area contributed by atoms with Gasteiger partial charge in [0.05, 0.1) is 0 Å². The van der Waals surface area contributed by atoms with E-state index in [0.29, 0.717) is 6.42 Å². The maximum absolute atomic E-state index is 11.2. The van der Waals surface area contributed by atoms with Crippen LogP contribution in [0.3, 0.4) is 0 Å². The normalized spacial score (nSPS) is 12.8. The van der Waals surface area contributed by atoms with Gasteiger partial charge in [-0.3, -0.25) is 4.79 Å². The van der Waals surface area contributed by atoms with Gasteiger partial charge >= 0.3 is 5.97 Å². The number of hydrogen-bond donors (Lipinski definition) is 2. The minimum Gasteiger partial charge on any atom is -0.480 e. The molecule has 1 atom stereocenters. The van der Waals surface area contributed by atoms with Crippen LogP contribution in [0.4, 0.5) is 0 Å². The van der Waals surface area contributed by atoms with Gasteiger partial charge in [0.2, 0.25) is 0 Å². The molecule has 0 aromatic heterocycles. The van der Waals surface area contributed by atoms with Crippen molar-refractivity contribution in [2.45, 2.75) is 32.4 Å².